The Balaban J connectivity index is 0.598. The van der Waals surface area contributed by atoms with Crippen molar-refractivity contribution in [1.82, 2.24) is 31.5 Å². The van der Waals surface area contributed by atoms with Gasteiger partial charge < -0.3 is 109 Å². The fourth-order valence-corrected chi connectivity index (χ4v) is 18.3. The number of amides is 9. The van der Waals surface area contributed by atoms with Gasteiger partial charge in [0.2, 0.25) is 47.0 Å². The number of allylic oxidation sites excluding steroid dienone is 10. The number of fused-ring (bicyclic) bond motifs is 7. The third-order valence-corrected chi connectivity index (χ3v) is 25.1. The number of imide groups is 1. The minimum Gasteiger partial charge on any atom is -0.507 e. The van der Waals surface area contributed by atoms with Crippen LogP contribution in [0.15, 0.2) is 129 Å². The number of aliphatic hydroxyl groups excluding tert-OH is 1. The highest BCUT2D eigenvalue weighted by molar-refractivity contribution is 6.26. The van der Waals surface area contributed by atoms with Crippen LogP contribution in [0.25, 0.3) is 0 Å². The molecule has 4 aliphatic carbocycles. The predicted octanol–water partition coefficient (Wildman–Crippen LogP) is 8.93. The van der Waals surface area contributed by atoms with Gasteiger partial charge >= 0.3 is 17.8 Å². The first-order chi connectivity index (χ1) is 63.5. The van der Waals surface area contributed by atoms with Crippen LogP contribution in [0.5, 0.6) is 11.5 Å². The first-order valence-electron chi connectivity index (χ1n) is 46.7. The van der Waals surface area contributed by atoms with Crippen LogP contribution in [-0.2, 0) is 107 Å². The van der Waals surface area contributed by atoms with Crippen molar-refractivity contribution in [3.05, 3.63) is 130 Å². The Morgan fingerprint density at radius 3 is 1.95 bits per heavy atom. The number of primary amides is 1. The molecule has 0 aromatic heterocycles. The molecule has 2 aromatic carbocycles. The average molecular weight is 1860 g/mol. The van der Waals surface area contributed by atoms with Gasteiger partial charge in [0.25, 0.3) is 5.91 Å². The van der Waals surface area contributed by atoms with Gasteiger partial charge in [-0.1, -0.05) is 97.4 Å². The molecule has 14 atom stereocenters. The number of aliphatic hydroxyl groups is 1. The number of nitrogens with two attached hydrogens (primary N) is 1. The number of anilines is 1. The lowest BCUT2D eigenvalue weighted by atomic mass is 9.68. The fourth-order valence-electron chi connectivity index (χ4n) is 18.3. The number of hydrogen-bond donors (Lipinski definition) is 8. The molecule has 35 nitrogen and oxygen atoms in total. The van der Waals surface area contributed by atoms with E-state index in [1.54, 1.807) is 76.3 Å². The van der Waals surface area contributed by atoms with Gasteiger partial charge in [0.1, 0.15) is 66.5 Å². The highest BCUT2D eigenvalue weighted by atomic mass is 16.7. The Kier molecular flexibility index (Phi) is 39.5. The number of nitrogens with one attached hydrogen (secondary N) is 6. The summed E-state index contributed by atoms with van der Waals surface area (Å²) in [7, 11) is 4.07. The number of ketones is 2. The molecule has 2 aromatic rings. The Morgan fingerprint density at radius 1 is 0.714 bits per heavy atom. The maximum Gasteiger partial charge on any atom is 0.312 e. The highest BCUT2D eigenvalue weighted by Gasteiger charge is 2.63. The number of benzene rings is 2. The van der Waals surface area contributed by atoms with E-state index in [1.807, 2.05) is 39.2 Å². The van der Waals surface area contributed by atoms with Crippen LogP contribution in [0.2, 0.25) is 0 Å². The Hall–Kier alpha value is -10.5. The molecule has 4 aliphatic heterocycles. The number of Topliss-reactive ketones (excluding diaryl/α,β-unsaturated/α-hetero) is 2. The zero-order valence-electron chi connectivity index (χ0n) is 79.5. The molecular formula is C98H139N10O25+. The number of likely N-dealkylation sites (N-methyl/N-ethyl adjacent to an activating group) is 1. The largest absolute Gasteiger partial charge is 0.507 e. The SMILES string of the molecule is CC(=O)O[C@@H]1[C@H](C)C/C=C/O[C@@]2(C)OC3=C(C)C(O)=C4C(=O)C(=C5Oc6cc(OCC[N+](C)(C)Cc7ccc(NC(=O)[C@H](CCCNC(N)=O)NC(=O)[C@@H](NC(=O)CCOCCOCCOCCOCCOCCOCCOCCOCCNC(=O)CCN8C(=O)C9C%10C=C(C(C)C)C(C%10)C9C8=O)C(C)C)cc7)ccc6N=C5C4C3C2=O)NC(=O)/C(C)=C\C=C\[C@H](C)C[C@@H](C)C[C@H]1C. The van der Waals surface area contributed by atoms with E-state index in [0.29, 0.717) is 139 Å². The van der Waals surface area contributed by atoms with Crippen LogP contribution >= 0.6 is 0 Å². The maximum atomic E-state index is 15.1. The Bertz CT molecular complexity index is 4700. The lowest BCUT2D eigenvalue weighted by Crippen LogP contribution is -2.54. The van der Waals surface area contributed by atoms with E-state index < -0.39 is 82.8 Å². The van der Waals surface area contributed by atoms with Crippen molar-refractivity contribution in [2.75, 3.05) is 158 Å². The second-order valence-corrected chi connectivity index (χ2v) is 37.0. The van der Waals surface area contributed by atoms with Crippen LogP contribution in [0, 0.1) is 71.0 Å². The van der Waals surface area contributed by atoms with Crippen molar-refractivity contribution in [3.8, 4) is 11.5 Å². The molecule has 730 valence electrons. The van der Waals surface area contributed by atoms with Crippen molar-refractivity contribution in [2.24, 2.45) is 81.7 Å². The molecule has 35 heteroatoms. The van der Waals surface area contributed by atoms with Crippen LogP contribution in [0.3, 0.4) is 0 Å². The molecule has 0 spiro atoms. The number of nitrogens with zero attached hydrogens (tertiary/aromatic N) is 3. The first kappa shape index (κ1) is 105. The summed E-state index contributed by atoms with van der Waals surface area (Å²) >= 11 is 0. The Morgan fingerprint density at radius 2 is 1.34 bits per heavy atom. The number of carbonyl (C=O) groups excluding carboxylic acids is 11. The predicted molar refractivity (Wildman–Crippen MR) is 491 cm³/mol. The molecule has 9 amide bonds. The molecule has 10 rings (SSSR count). The van der Waals surface area contributed by atoms with E-state index in [9.17, 15) is 53.1 Å². The van der Waals surface area contributed by atoms with Crippen molar-refractivity contribution in [3.63, 3.8) is 0 Å². The Labute approximate surface area is 779 Å². The standard InChI is InChI=1S/C98H138N10O25/c1-58(2)71-54-68-55-72(71)79-78(68)95(118)107(96(79)119)32-28-76(110)100-31-36-122-39-41-124-43-45-126-47-49-128-51-50-127-48-46-125-44-42-123-40-38-121-35-29-77(111)105-83(59(3)4)94(117)104-74(21-16-30-101-97(99)120)93(116)102-69-24-22-67(23-25-69)57-108(13,14)33-37-129-70-26-27-73-75(56-70)132-90-84(103-73)80-81-86(112)65(10)89-82(80)91(114)98(12,133-89)130-34-17-20-62(7)88(131-66(11)109)64(9)53-61(6)52-60(5)18-15-19-63(8)92(115)106-85(90)87(81)113/h15,17-19,22-27,34,54,56,58-62,64,68,72,74,78-80,82-83,88H,16,20-21,28-33,35-53,55,57H2,1-14H3,(H8-,99,100,101,102,103,104,105,106,110,111,112,113,115,116,117,120)/p+1/b18-15+,34-17+,63-19-/t60-,61+,62+,64+,68?,72?,74-,78?,79?,80?,82?,83-,88+,98-/m0/s1. The van der Waals surface area contributed by atoms with E-state index in [2.05, 4.69) is 72.6 Å². The molecule has 4 heterocycles. The minimum atomic E-state index is -1.92. The van der Waals surface area contributed by atoms with Crippen LogP contribution in [0.1, 0.15) is 140 Å². The van der Waals surface area contributed by atoms with Crippen LogP contribution in [-0.4, -0.2) is 262 Å². The van der Waals surface area contributed by atoms with Gasteiger partial charge in [-0.05, 0) is 130 Å². The minimum absolute atomic E-state index is 0.0133. The number of aliphatic imine (C=N–C) groups is 1. The topological polar surface area (TPSA) is 442 Å². The monoisotopic (exact) mass is 1860 g/mol. The van der Waals surface area contributed by atoms with Gasteiger partial charge in [0, 0.05) is 74.8 Å². The summed E-state index contributed by atoms with van der Waals surface area (Å²) in [6.07, 6.45) is 13.7. The third kappa shape index (κ3) is 29.3. The number of esters is 1. The quantitative estimate of drug-likeness (QED) is 0.0101. The van der Waals surface area contributed by atoms with Gasteiger partial charge in [-0.3, -0.25) is 52.8 Å². The zero-order chi connectivity index (χ0) is 96.2. The summed E-state index contributed by atoms with van der Waals surface area (Å²) in [5.74, 6) is -8.74. The summed E-state index contributed by atoms with van der Waals surface area (Å²) in [6, 6.07) is 9.46. The van der Waals surface area contributed by atoms with Crippen molar-refractivity contribution in [1.29, 1.82) is 0 Å². The number of rotatable bonds is 48. The third-order valence-electron chi connectivity index (χ3n) is 25.1. The number of likely N-dealkylation sites (tertiary alicyclic amines) is 1. The normalized spacial score (nSPS) is 24.8. The molecular weight excluding hydrogens is 1720 g/mol. The molecule has 0 radical (unpaired) electrons. The van der Waals surface area contributed by atoms with Gasteiger partial charge in [-0.25, -0.2) is 9.79 Å². The molecule has 2 saturated heterocycles. The summed E-state index contributed by atoms with van der Waals surface area (Å²) < 4.78 is 76.5. The number of urea groups is 1. The number of carbonyl (C=O) groups is 11. The van der Waals surface area contributed by atoms with E-state index in [4.69, 9.17) is 72.3 Å². The summed E-state index contributed by atoms with van der Waals surface area (Å²) in [5.41, 5.74) is 8.33. The number of quaternary nitrogens is 1. The van der Waals surface area contributed by atoms with Crippen molar-refractivity contribution < 1.29 is 124 Å². The molecule has 6 bridgehead atoms. The molecule has 3 fully saturated rings. The number of hydrogen-bond acceptors (Lipinski definition) is 26. The van der Waals surface area contributed by atoms with E-state index in [1.165, 1.54) is 30.6 Å². The number of ether oxygens (including phenoxy) is 13. The fraction of sp³-hybridized carbons (Fsp3) is 0.612. The van der Waals surface area contributed by atoms with E-state index in [0.717, 1.165) is 24.8 Å². The van der Waals surface area contributed by atoms with Gasteiger partial charge in [0.15, 0.2) is 11.5 Å². The second-order valence-electron chi connectivity index (χ2n) is 37.0. The van der Waals surface area contributed by atoms with Crippen molar-refractivity contribution in [2.45, 2.75) is 165 Å². The molecule has 1 saturated carbocycles. The van der Waals surface area contributed by atoms with Crippen molar-refractivity contribution >= 4 is 82.0 Å². The molecule has 133 heavy (non-hydrogen) atoms. The second kappa shape index (κ2) is 50.2. The smallest absolute Gasteiger partial charge is 0.312 e. The maximum absolute atomic E-state index is 15.1. The van der Waals surface area contributed by atoms with Gasteiger partial charge in [-0.15, -0.1) is 0 Å². The molecule has 9 N–H and O–H groups in total. The molecule has 6 unspecified atom stereocenters. The summed E-state index contributed by atoms with van der Waals surface area (Å²) in [6.45, 7) is 29.2. The average Bonchev–Trinajstić information content (AvgIpc) is 1.60. The summed E-state index contributed by atoms with van der Waals surface area (Å²) in [4.78, 5) is 155. The van der Waals surface area contributed by atoms with Crippen LogP contribution < -0.4 is 47.1 Å². The lowest BCUT2D eigenvalue weighted by molar-refractivity contribution is -0.903. The van der Waals surface area contributed by atoms with E-state index >= 15 is 4.79 Å². The molecule has 8 aliphatic rings. The zero-order valence-corrected chi connectivity index (χ0v) is 79.5. The van der Waals surface area contributed by atoms with Crippen LogP contribution in [0.4, 0.5) is 16.2 Å². The van der Waals surface area contributed by atoms with Gasteiger partial charge in [-0.2, -0.15) is 0 Å². The van der Waals surface area contributed by atoms with Gasteiger partial charge in [0.05, 0.1) is 161 Å². The lowest BCUT2D eigenvalue weighted by Gasteiger charge is -2.37. The highest BCUT2D eigenvalue weighted by Crippen LogP contribution is 2.58. The first-order valence-corrected chi connectivity index (χ1v) is 46.7. The van der Waals surface area contributed by atoms with E-state index in [-0.39, 0.29) is 188 Å². The summed E-state index contributed by atoms with van der Waals surface area (Å²) in [5, 5.41) is 28.7.